The predicted molar refractivity (Wildman–Crippen MR) is 119 cm³/mol. The van der Waals surface area contributed by atoms with Gasteiger partial charge >= 0.3 is 5.97 Å². The quantitative estimate of drug-likeness (QED) is 0.341. The van der Waals surface area contributed by atoms with Crippen LogP contribution in [-0.2, 0) is 0 Å². The summed E-state index contributed by atoms with van der Waals surface area (Å²) in [5.74, 6) is -2.60. The Morgan fingerprint density at radius 2 is 1.39 bits per heavy atom. The summed E-state index contributed by atoms with van der Waals surface area (Å²) in [5.41, 5.74) is 1.65. The number of carbonyl (C=O) groups excluding carboxylic acids is 1. The van der Waals surface area contributed by atoms with Crippen LogP contribution in [-0.4, -0.2) is 31.6 Å². The van der Waals surface area contributed by atoms with E-state index in [1.807, 2.05) is 0 Å². The molecule has 7 heteroatoms. The van der Waals surface area contributed by atoms with Crippen molar-refractivity contribution < 1.29 is 24.9 Å². The largest absolute Gasteiger partial charge is 0.503 e. The first kappa shape index (κ1) is 20.4. The lowest BCUT2D eigenvalue weighted by molar-refractivity contribution is 0.0696. The molecule has 0 fully saturated rings. The molecule has 4 aromatic rings. The van der Waals surface area contributed by atoms with Gasteiger partial charge in [-0.1, -0.05) is 58.4 Å². The molecule has 3 N–H and O–H groups in total. The SMILES string of the molecule is O=C(O)c1ccc(-n2c(O)c(O)c(C(=O)c3ccccc3)c2-c2ccc(Br)cc2)cc1. The second kappa shape index (κ2) is 8.12. The molecule has 154 valence electrons. The third kappa shape index (κ3) is 3.71. The van der Waals surface area contributed by atoms with Crippen molar-refractivity contribution >= 4 is 27.7 Å². The molecule has 1 aromatic heterocycles. The molecule has 6 nitrogen and oxygen atoms in total. The Hall–Kier alpha value is -3.84. The van der Waals surface area contributed by atoms with Gasteiger partial charge in [-0.25, -0.2) is 4.79 Å². The Labute approximate surface area is 185 Å². The molecular formula is C24H16BrNO5. The lowest BCUT2D eigenvalue weighted by atomic mass is 9.99. The maximum atomic E-state index is 13.3. The number of ketones is 1. The van der Waals surface area contributed by atoms with Gasteiger partial charge in [0.05, 0.1) is 16.8 Å². The normalized spacial score (nSPS) is 10.7. The topological polar surface area (TPSA) is 99.8 Å². The Morgan fingerprint density at radius 1 is 0.774 bits per heavy atom. The smallest absolute Gasteiger partial charge is 0.335 e. The summed E-state index contributed by atoms with van der Waals surface area (Å²) in [4.78, 5) is 24.5. The first-order valence-electron chi connectivity index (χ1n) is 9.24. The molecule has 0 aliphatic carbocycles. The van der Waals surface area contributed by atoms with E-state index in [1.54, 1.807) is 54.6 Å². The van der Waals surface area contributed by atoms with Gasteiger partial charge in [0.2, 0.25) is 5.88 Å². The van der Waals surface area contributed by atoms with E-state index in [2.05, 4.69) is 15.9 Å². The molecule has 0 saturated heterocycles. The van der Waals surface area contributed by atoms with E-state index >= 15 is 0 Å². The highest BCUT2D eigenvalue weighted by atomic mass is 79.9. The Bertz CT molecular complexity index is 1280. The number of nitrogens with zero attached hydrogens (tertiary/aromatic N) is 1. The number of rotatable bonds is 5. The Kier molecular flexibility index (Phi) is 5.35. The summed E-state index contributed by atoms with van der Waals surface area (Å²) in [7, 11) is 0. The molecule has 4 rings (SSSR count). The zero-order valence-corrected chi connectivity index (χ0v) is 17.6. The molecule has 31 heavy (non-hydrogen) atoms. The highest BCUT2D eigenvalue weighted by Crippen LogP contribution is 2.44. The molecule has 0 spiro atoms. The molecule has 0 saturated carbocycles. The highest BCUT2D eigenvalue weighted by Gasteiger charge is 2.29. The number of benzene rings is 3. The molecule has 0 aliphatic heterocycles. The number of halogens is 1. The van der Waals surface area contributed by atoms with Crippen LogP contribution in [0.5, 0.6) is 11.6 Å². The zero-order valence-electron chi connectivity index (χ0n) is 16.0. The van der Waals surface area contributed by atoms with Gasteiger partial charge in [0.1, 0.15) is 0 Å². The minimum atomic E-state index is -1.08. The predicted octanol–water partition coefficient (Wildman–Crippen LogP) is 5.25. The fourth-order valence-electron chi connectivity index (χ4n) is 3.38. The van der Waals surface area contributed by atoms with Crippen LogP contribution in [0.25, 0.3) is 16.9 Å². The first-order valence-corrected chi connectivity index (χ1v) is 10.0. The molecule has 3 aromatic carbocycles. The van der Waals surface area contributed by atoms with Crippen LogP contribution in [0, 0.1) is 0 Å². The number of carboxylic acids is 1. The van der Waals surface area contributed by atoms with Crippen LogP contribution in [0.4, 0.5) is 0 Å². The highest BCUT2D eigenvalue weighted by molar-refractivity contribution is 9.10. The van der Waals surface area contributed by atoms with Crippen molar-refractivity contribution in [2.75, 3.05) is 0 Å². The standard InChI is InChI=1S/C24H16BrNO5/c25-17-10-6-14(7-11-17)20-19(21(27)15-4-2-1-3-5-15)22(28)23(29)26(20)18-12-8-16(9-13-18)24(30)31/h1-13,28-29H,(H,30,31). The van der Waals surface area contributed by atoms with E-state index in [-0.39, 0.29) is 11.1 Å². The summed E-state index contributed by atoms with van der Waals surface area (Å²) < 4.78 is 2.16. The van der Waals surface area contributed by atoms with Gasteiger partial charge < -0.3 is 15.3 Å². The number of aromatic carboxylic acids is 1. The maximum absolute atomic E-state index is 13.3. The minimum Gasteiger partial charge on any atom is -0.503 e. The molecule has 0 radical (unpaired) electrons. The summed E-state index contributed by atoms with van der Waals surface area (Å²) in [5, 5.41) is 30.7. The van der Waals surface area contributed by atoms with Crippen molar-refractivity contribution in [3.8, 4) is 28.6 Å². The fraction of sp³-hybridized carbons (Fsp3) is 0. The number of carboxylic acid groups (broad SMARTS) is 1. The van der Waals surface area contributed by atoms with Gasteiger partial charge in [-0.2, -0.15) is 0 Å². The maximum Gasteiger partial charge on any atom is 0.335 e. The van der Waals surface area contributed by atoms with Gasteiger partial charge in [-0.15, -0.1) is 0 Å². The van der Waals surface area contributed by atoms with E-state index in [0.29, 0.717) is 22.5 Å². The lowest BCUT2D eigenvalue weighted by Gasteiger charge is -2.12. The van der Waals surface area contributed by atoms with Crippen molar-refractivity contribution in [2.24, 2.45) is 0 Å². The molecule has 0 amide bonds. The second-order valence-electron chi connectivity index (χ2n) is 6.79. The fourth-order valence-corrected chi connectivity index (χ4v) is 3.65. The van der Waals surface area contributed by atoms with E-state index in [1.165, 1.54) is 28.8 Å². The number of aromatic hydroxyl groups is 2. The molecule has 0 aliphatic rings. The van der Waals surface area contributed by atoms with Gasteiger partial charge in [-0.05, 0) is 42.0 Å². The van der Waals surface area contributed by atoms with Crippen molar-refractivity contribution in [1.29, 1.82) is 0 Å². The summed E-state index contributed by atoms with van der Waals surface area (Å²) in [6.07, 6.45) is 0. The van der Waals surface area contributed by atoms with E-state index in [9.17, 15) is 19.8 Å². The number of hydrogen-bond acceptors (Lipinski definition) is 4. The second-order valence-corrected chi connectivity index (χ2v) is 7.70. The molecular weight excluding hydrogens is 462 g/mol. The van der Waals surface area contributed by atoms with Crippen molar-refractivity contribution in [3.63, 3.8) is 0 Å². The number of aromatic nitrogens is 1. The third-order valence-corrected chi connectivity index (χ3v) is 5.40. The molecule has 0 bridgehead atoms. The van der Waals surface area contributed by atoms with Crippen LogP contribution in [0.15, 0.2) is 83.3 Å². The van der Waals surface area contributed by atoms with E-state index < -0.39 is 23.4 Å². The van der Waals surface area contributed by atoms with Crippen molar-refractivity contribution in [3.05, 3.63) is 100 Å². The van der Waals surface area contributed by atoms with E-state index in [0.717, 1.165) is 4.47 Å². The minimum absolute atomic E-state index is 0.0478. The van der Waals surface area contributed by atoms with Crippen LogP contribution < -0.4 is 0 Å². The van der Waals surface area contributed by atoms with Crippen molar-refractivity contribution in [1.82, 2.24) is 4.57 Å². The summed E-state index contributed by atoms with van der Waals surface area (Å²) in [6, 6.07) is 21.3. The Morgan fingerprint density at radius 3 is 1.97 bits per heavy atom. The lowest BCUT2D eigenvalue weighted by Crippen LogP contribution is -2.05. The average molecular weight is 478 g/mol. The van der Waals surface area contributed by atoms with Gasteiger partial charge in [0.25, 0.3) is 0 Å². The van der Waals surface area contributed by atoms with Crippen LogP contribution in [0.3, 0.4) is 0 Å². The molecule has 0 atom stereocenters. The summed E-state index contributed by atoms with van der Waals surface area (Å²) in [6.45, 7) is 0. The van der Waals surface area contributed by atoms with Crippen LogP contribution in [0.1, 0.15) is 26.3 Å². The number of hydrogen-bond donors (Lipinski definition) is 3. The van der Waals surface area contributed by atoms with Crippen molar-refractivity contribution in [2.45, 2.75) is 0 Å². The molecule has 1 heterocycles. The zero-order chi connectivity index (χ0) is 22.1. The van der Waals surface area contributed by atoms with Gasteiger partial charge in [0, 0.05) is 15.7 Å². The first-order chi connectivity index (χ1) is 14.9. The Balaban J connectivity index is 2.00. The van der Waals surface area contributed by atoms with Crippen LogP contribution >= 0.6 is 15.9 Å². The van der Waals surface area contributed by atoms with Gasteiger partial charge in [-0.3, -0.25) is 9.36 Å². The van der Waals surface area contributed by atoms with Gasteiger partial charge in [0.15, 0.2) is 11.5 Å². The van der Waals surface area contributed by atoms with E-state index in [4.69, 9.17) is 5.11 Å². The van der Waals surface area contributed by atoms with Crippen LogP contribution in [0.2, 0.25) is 0 Å². The average Bonchev–Trinajstić information content (AvgIpc) is 3.05. The number of carbonyl (C=O) groups is 2. The molecule has 0 unspecified atom stereocenters. The monoisotopic (exact) mass is 477 g/mol. The summed E-state index contributed by atoms with van der Waals surface area (Å²) >= 11 is 3.38. The third-order valence-electron chi connectivity index (χ3n) is 4.87.